The summed E-state index contributed by atoms with van der Waals surface area (Å²) in [7, 11) is 3.01. The zero-order chi connectivity index (χ0) is 22.2. The lowest BCUT2D eigenvalue weighted by Gasteiger charge is -2.13. The van der Waals surface area contributed by atoms with E-state index >= 15 is 0 Å². The summed E-state index contributed by atoms with van der Waals surface area (Å²) in [6, 6.07) is 20.1. The number of thioether (sulfide) groups is 1. The Bertz CT molecular complexity index is 1030. The van der Waals surface area contributed by atoms with Crippen molar-refractivity contribution in [1.29, 1.82) is 0 Å². The number of nitrogens with one attached hydrogen (secondary N) is 2. The summed E-state index contributed by atoms with van der Waals surface area (Å²) in [5.41, 5.74) is 2.88. The van der Waals surface area contributed by atoms with Gasteiger partial charge in [0.25, 0.3) is 5.91 Å². The van der Waals surface area contributed by atoms with Gasteiger partial charge in [0, 0.05) is 16.3 Å². The molecule has 160 valence electrons. The summed E-state index contributed by atoms with van der Waals surface area (Å²) in [6.07, 6.45) is 0. The number of carbonyl (C=O) groups is 2. The number of carbonyl (C=O) groups excluding carboxylic acids is 2. The molecular weight excluding hydrogens is 412 g/mol. The van der Waals surface area contributed by atoms with Crippen LogP contribution in [0, 0.1) is 6.92 Å². The minimum Gasteiger partial charge on any atom is -0.496 e. The fourth-order valence-electron chi connectivity index (χ4n) is 2.89. The van der Waals surface area contributed by atoms with Gasteiger partial charge >= 0.3 is 0 Å². The van der Waals surface area contributed by atoms with Crippen LogP contribution in [0.2, 0.25) is 0 Å². The lowest BCUT2D eigenvalue weighted by atomic mass is 10.1. The highest BCUT2D eigenvalue weighted by molar-refractivity contribution is 8.00. The molecule has 6 nitrogen and oxygen atoms in total. The molecule has 0 saturated heterocycles. The largest absolute Gasteiger partial charge is 0.496 e. The molecule has 0 aromatic heterocycles. The van der Waals surface area contributed by atoms with Gasteiger partial charge in [-0.25, -0.2) is 0 Å². The third kappa shape index (κ3) is 6.02. The molecule has 0 fully saturated rings. The average Bonchev–Trinajstić information content (AvgIpc) is 2.79. The minimum atomic E-state index is -0.327. The summed E-state index contributed by atoms with van der Waals surface area (Å²) in [6.45, 7) is 2.00. The molecule has 7 heteroatoms. The molecule has 0 radical (unpaired) electrons. The fraction of sp³-hybridized carbons (Fsp3) is 0.167. The number of benzene rings is 3. The number of hydrogen-bond donors (Lipinski definition) is 2. The third-order valence-corrected chi connectivity index (χ3v) is 5.48. The third-order valence-electron chi connectivity index (χ3n) is 4.47. The van der Waals surface area contributed by atoms with Gasteiger partial charge in [-0.1, -0.05) is 23.8 Å². The first-order valence-corrected chi connectivity index (χ1v) is 10.6. The van der Waals surface area contributed by atoms with Gasteiger partial charge in [-0.05, 0) is 55.5 Å². The normalized spacial score (nSPS) is 10.3. The lowest BCUT2D eigenvalue weighted by molar-refractivity contribution is -0.113. The molecule has 31 heavy (non-hydrogen) atoms. The quantitative estimate of drug-likeness (QED) is 0.486. The van der Waals surface area contributed by atoms with Crippen molar-refractivity contribution < 1.29 is 19.1 Å². The Labute approximate surface area is 186 Å². The van der Waals surface area contributed by atoms with Crippen LogP contribution in [-0.2, 0) is 4.79 Å². The van der Waals surface area contributed by atoms with Crippen LogP contribution in [0.3, 0.4) is 0 Å². The van der Waals surface area contributed by atoms with E-state index in [0.717, 1.165) is 16.1 Å². The van der Waals surface area contributed by atoms with Crippen molar-refractivity contribution in [3.05, 3.63) is 77.9 Å². The van der Waals surface area contributed by atoms with E-state index in [1.807, 2.05) is 43.3 Å². The number of ether oxygens (including phenoxy) is 2. The smallest absolute Gasteiger partial charge is 0.263 e. The van der Waals surface area contributed by atoms with Gasteiger partial charge < -0.3 is 20.1 Å². The molecule has 2 N–H and O–H groups in total. The summed E-state index contributed by atoms with van der Waals surface area (Å²) in [5.74, 6) is 0.756. The van der Waals surface area contributed by atoms with Gasteiger partial charge in [0.2, 0.25) is 5.91 Å². The molecule has 0 atom stereocenters. The Hall–Kier alpha value is -3.45. The van der Waals surface area contributed by atoms with Gasteiger partial charge in [0.1, 0.15) is 17.1 Å². The van der Waals surface area contributed by atoms with Gasteiger partial charge in [0.15, 0.2) is 0 Å². The number of hydrogen-bond acceptors (Lipinski definition) is 5. The van der Waals surface area contributed by atoms with Gasteiger partial charge in [-0.3, -0.25) is 9.59 Å². The van der Waals surface area contributed by atoms with Crippen LogP contribution in [0.25, 0.3) is 0 Å². The van der Waals surface area contributed by atoms with Crippen LogP contribution < -0.4 is 20.1 Å². The minimum absolute atomic E-state index is 0.0745. The van der Waals surface area contributed by atoms with Gasteiger partial charge in [-0.15, -0.1) is 11.8 Å². The SMILES string of the molecule is COc1cccc(OC)c1C(=O)Nc1ccc(SCC(=O)Nc2ccc(C)cc2)cc1. The Kier molecular flexibility index (Phi) is 7.56. The molecule has 0 saturated carbocycles. The van der Waals surface area contributed by atoms with E-state index in [1.165, 1.54) is 26.0 Å². The standard InChI is InChI=1S/C24H24N2O4S/c1-16-7-9-17(10-8-16)25-22(27)15-31-19-13-11-18(12-14-19)26-24(28)23-20(29-2)5-4-6-21(23)30-3/h4-14H,15H2,1-3H3,(H,25,27)(H,26,28). The van der Waals surface area contributed by atoms with E-state index in [2.05, 4.69) is 10.6 Å². The molecular formula is C24H24N2O4S. The van der Waals surface area contributed by atoms with Crippen molar-refractivity contribution in [2.24, 2.45) is 0 Å². The van der Waals surface area contributed by atoms with Crippen LogP contribution in [0.5, 0.6) is 11.5 Å². The summed E-state index contributed by atoms with van der Waals surface area (Å²) >= 11 is 1.42. The van der Waals surface area contributed by atoms with Crippen molar-refractivity contribution in [3.63, 3.8) is 0 Å². The maximum atomic E-state index is 12.7. The van der Waals surface area contributed by atoms with Crippen molar-refractivity contribution in [2.45, 2.75) is 11.8 Å². The van der Waals surface area contributed by atoms with Gasteiger partial charge in [0.05, 0.1) is 20.0 Å². The molecule has 0 spiro atoms. The zero-order valence-electron chi connectivity index (χ0n) is 17.6. The highest BCUT2D eigenvalue weighted by atomic mass is 32.2. The molecule has 2 amide bonds. The van der Waals surface area contributed by atoms with E-state index < -0.39 is 0 Å². The Morgan fingerprint density at radius 3 is 1.94 bits per heavy atom. The van der Waals surface area contributed by atoms with E-state index in [1.54, 1.807) is 30.3 Å². The molecule has 3 rings (SSSR count). The number of rotatable bonds is 8. The Balaban J connectivity index is 1.57. The van der Waals surface area contributed by atoms with E-state index in [4.69, 9.17) is 9.47 Å². The molecule has 3 aromatic rings. The van der Waals surface area contributed by atoms with Crippen molar-refractivity contribution in [1.82, 2.24) is 0 Å². The molecule has 0 aliphatic carbocycles. The first-order chi connectivity index (χ1) is 15.0. The zero-order valence-corrected chi connectivity index (χ0v) is 18.4. The van der Waals surface area contributed by atoms with Crippen LogP contribution in [-0.4, -0.2) is 31.8 Å². The lowest BCUT2D eigenvalue weighted by Crippen LogP contribution is -2.14. The van der Waals surface area contributed by atoms with Gasteiger partial charge in [-0.2, -0.15) is 0 Å². The molecule has 0 unspecified atom stereocenters. The fourth-order valence-corrected chi connectivity index (χ4v) is 3.58. The average molecular weight is 437 g/mol. The van der Waals surface area contributed by atoms with Crippen LogP contribution in [0.4, 0.5) is 11.4 Å². The number of aryl methyl sites for hydroxylation is 1. The van der Waals surface area contributed by atoms with Crippen LogP contribution >= 0.6 is 11.8 Å². The monoisotopic (exact) mass is 436 g/mol. The highest BCUT2D eigenvalue weighted by Gasteiger charge is 2.18. The first kappa shape index (κ1) is 22.2. The summed E-state index contributed by atoms with van der Waals surface area (Å²) in [4.78, 5) is 25.8. The van der Waals surface area contributed by atoms with E-state index in [-0.39, 0.29) is 17.6 Å². The summed E-state index contributed by atoms with van der Waals surface area (Å²) in [5, 5.41) is 5.73. The van der Waals surface area contributed by atoms with Crippen molar-refractivity contribution in [3.8, 4) is 11.5 Å². The van der Waals surface area contributed by atoms with E-state index in [9.17, 15) is 9.59 Å². The van der Waals surface area contributed by atoms with Crippen LogP contribution in [0.15, 0.2) is 71.6 Å². The molecule has 0 aliphatic rings. The predicted molar refractivity (Wildman–Crippen MR) is 124 cm³/mol. The number of anilines is 2. The number of methoxy groups -OCH3 is 2. The highest BCUT2D eigenvalue weighted by Crippen LogP contribution is 2.29. The Morgan fingerprint density at radius 2 is 1.35 bits per heavy atom. The summed E-state index contributed by atoms with van der Waals surface area (Å²) < 4.78 is 10.6. The maximum absolute atomic E-state index is 12.7. The predicted octanol–water partition coefficient (Wildman–Crippen LogP) is 5.00. The topological polar surface area (TPSA) is 76.7 Å². The van der Waals surface area contributed by atoms with Crippen LogP contribution in [0.1, 0.15) is 15.9 Å². The second-order valence-electron chi connectivity index (χ2n) is 6.72. The molecule has 0 aliphatic heterocycles. The maximum Gasteiger partial charge on any atom is 0.263 e. The second-order valence-corrected chi connectivity index (χ2v) is 7.77. The van der Waals surface area contributed by atoms with Crippen molar-refractivity contribution in [2.75, 3.05) is 30.6 Å². The number of amides is 2. The Morgan fingerprint density at radius 1 is 0.806 bits per heavy atom. The molecule has 3 aromatic carbocycles. The van der Waals surface area contributed by atoms with Crippen molar-refractivity contribution >= 4 is 35.0 Å². The molecule has 0 bridgehead atoms. The molecule has 0 heterocycles. The van der Waals surface area contributed by atoms with E-state index in [0.29, 0.717) is 22.7 Å². The second kappa shape index (κ2) is 10.5. The first-order valence-electron chi connectivity index (χ1n) is 9.62.